The van der Waals surface area contributed by atoms with Crippen LogP contribution in [0, 0.1) is 0 Å². The van der Waals surface area contributed by atoms with Gasteiger partial charge in [0.25, 0.3) is 0 Å². The molecule has 22 heteroatoms. The van der Waals surface area contributed by atoms with Gasteiger partial charge in [-0.2, -0.15) is 0 Å². The first-order valence-electron chi connectivity index (χ1n) is 14.9. The van der Waals surface area contributed by atoms with E-state index < -0.39 is 36.0 Å². The van der Waals surface area contributed by atoms with Crippen molar-refractivity contribution in [1.82, 2.24) is 49.2 Å². The molecule has 4 aromatic heterocycles. The van der Waals surface area contributed by atoms with Crippen molar-refractivity contribution in [3.8, 4) is 0 Å². The highest BCUT2D eigenvalue weighted by molar-refractivity contribution is 8.01. The van der Waals surface area contributed by atoms with Gasteiger partial charge < -0.3 is 18.9 Å². The van der Waals surface area contributed by atoms with Crippen molar-refractivity contribution >= 4 is 70.5 Å². The maximum Gasteiger partial charge on any atom is 0.361 e. The molecule has 4 heterocycles. The summed E-state index contributed by atoms with van der Waals surface area (Å²) in [5, 5.41) is 25.7. The van der Waals surface area contributed by atoms with E-state index >= 15 is 0 Å². The quantitative estimate of drug-likeness (QED) is 0.132. The van der Waals surface area contributed by atoms with Gasteiger partial charge in [-0.25, -0.2) is 28.5 Å². The maximum atomic E-state index is 13.1. The van der Waals surface area contributed by atoms with Crippen LogP contribution in [0.5, 0.6) is 0 Å². The van der Waals surface area contributed by atoms with Gasteiger partial charge in [0.05, 0.1) is 38.5 Å². The molecule has 1 saturated carbocycles. The van der Waals surface area contributed by atoms with E-state index in [1.807, 2.05) is 0 Å². The lowest BCUT2D eigenvalue weighted by Crippen LogP contribution is -2.29. The molecular weight excluding hydrogens is 709 g/mol. The molecule has 5 rings (SSSR count). The van der Waals surface area contributed by atoms with Gasteiger partial charge in [0.2, 0.25) is 11.4 Å². The summed E-state index contributed by atoms with van der Waals surface area (Å²) in [6, 6.07) is -0.909. The van der Waals surface area contributed by atoms with Crippen molar-refractivity contribution in [1.29, 1.82) is 0 Å². The molecule has 0 aliphatic heterocycles. The van der Waals surface area contributed by atoms with E-state index in [9.17, 15) is 19.2 Å². The van der Waals surface area contributed by atoms with Crippen LogP contribution >= 0.6 is 46.6 Å². The van der Waals surface area contributed by atoms with E-state index in [-0.39, 0.29) is 49.2 Å². The Hall–Kier alpha value is -4.02. The minimum atomic E-state index is -0.695. The first-order valence-corrected chi connectivity index (χ1v) is 18.1. The molecule has 18 nitrogen and oxygen atoms in total. The first-order chi connectivity index (χ1) is 23.3. The molecule has 0 radical (unpaired) electrons. The van der Waals surface area contributed by atoms with Gasteiger partial charge in [-0.3, -0.25) is 0 Å². The molecule has 0 saturated heterocycles. The third-order valence-corrected chi connectivity index (χ3v) is 10.7. The molecule has 2 atom stereocenters. The normalized spacial score (nSPS) is 16.0. The summed E-state index contributed by atoms with van der Waals surface area (Å²) in [7, 11) is 0. The molecule has 0 N–H and O–H groups in total. The van der Waals surface area contributed by atoms with Crippen molar-refractivity contribution in [3.05, 3.63) is 22.8 Å². The summed E-state index contributed by atoms with van der Waals surface area (Å²) in [5.41, 5.74) is -0.104. The third-order valence-electron chi connectivity index (χ3n) is 6.80. The summed E-state index contributed by atoms with van der Waals surface area (Å²) < 4.78 is 32.7. The highest BCUT2D eigenvalue weighted by atomic mass is 32.2. The van der Waals surface area contributed by atoms with E-state index in [1.54, 1.807) is 37.1 Å². The monoisotopic (exact) mass is 738 g/mol. The van der Waals surface area contributed by atoms with Crippen LogP contribution in [-0.4, -0.2) is 99.5 Å². The minimum absolute atomic E-state index is 0.000727. The highest BCUT2D eigenvalue weighted by Crippen LogP contribution is 2.45. The highest BCUT2D eigenvalue weighted by Gasteiger charge is 2.38. The van der Waals surface area contributed by atoms with Gasteiger partial charge in [0, 0.05) is 0 Å². The molecule has 0 spiro atoms. The largest absolute Gasteiger partial charge is 0.461 e. The standard InChI is InChI=1S/C26H30N10O8S4/c1-5-41-21(37)15-19(45-25-17(29-33-47-25)23(39)43-7-3)35(31-27-15)13-11-9-10-12-14(13)36-20(16(28-32-36)22(38)42-6-2)46-26-18(30-34-48-26)24(40)44-8-4/h13-14H,5-12H2,1-4H3/t13-,14-/m1/s1. The number of hydrogen-bond donors (Lipinski definition) is 0. The fourth-order valence-corrected chi connectivity index (χ4v) is 8.38. The van der Waals surface area contributed by atoms with E-state index in [2.05, 4.69) is 39.8 Å². The molecule has 4 aromatic rings. The second kappa shape index (κ2) is 16.4. The lowest BCUT2D eigenvalue weighted by atomic mass is 9.90. The van der Waals surface area contributed by atoms with Gasteiger partial charge in [0.1, 0.15) is 18.5 Å². The van der Waals surface area contributed by atoms with Gasteiger partial charge >= 0.3 is 23.9 Å². The molecule has 0 amide bonds. The van der Waals surface area contributed by atoms with Crippen LogP contribution in [0.3, 0.4) is 0 Å². The Bertz CT molecular complexity index is 1650. The zero-order valence-corrected chi connectivity index (χ0v) is 29.4. The molecule has 0 unspecified atom stereocenters. The fourth-order valence-electron chi connectivity index (χ4n) is 4.83. The molecule has 1 fully saturated rings. The van der Waals surface area contributed by atoms with Crippen LogP contribution in [0.25, 0.3) is 0 Å². The SMILES string of the molecule is CCOC(=O)c1nnsc1Sc1c(C(=O)OCC)nnn1[C@@H]1CCCC[C@H]1n1nnc(C(=O)OCC)c1Sc1snnc1C(=O)OCC. The number of hydrogen-bond acceptors (Lipinski definition) is 20. The van der Waals surface area contributed by atoms with Crippen molar-refractivity contribution < 1.29 is 38.1 Å². The number of esters is 4. The summed E-state index contributed by atoms with van der Waals surface area (Å²) in [6.07, 6.45) is 2.79. The summed E-state index contributed by atoms with van der Waals surface area (Å²) in [5.74, 6) is -2.70. The van der Waals surface area contributed by atoms with Crippen molar-refractivity contribution in [2.24, 2.45) is 0 Å². The maximum absolute atomic E-state index is 13.1. The lowest BCUT2D eigenvalue weighted by Gasteiger charge is -2.32. The van der Waals surface area contributed by atoms with Crippen molar-refractivity contribution in [3.63, 3.8) is 0 Å². The lowest BCUT2D eigenvalue weighted by molar-refractivity contribution is 0.0504. The number of aromatic nitrogens is 10. The smallest absolute Gasteiger partial charge is 0.361 e. The third kappa shape index (κ3) is 7.50. The summed E-state index contributed by atoms with van der Waals surface area (Å²) in [4.78, 5) is 51.4. The average molecular weight is 739 g/mol. The summed E-state index contributed by atoms with van der Waals surface area (Å²) >= 11 is 4.03. The van der Waals surface area contributed by atoms with Crippen LogP contribution < -0.4 is 0 Å². The molecule has 0 bridgehead atoms. The van der Waals surface area contributed by atoms with Gasteiger partial charge in [-0.05, 0) is 63.6 Å². The predicted octanol–water partition coefficient (Wildman–Crippen LogP) is 3.94. The zero-order valence-electron chi connectivity index (χ0n) is 26.2. The van der Waals surface area contributed by atoms with Crippen LogP contribution in [0.1, 0.15) is 107 Å². The molecular formula is C26H30N10O8S4. The molecule has 1 aliphatic rings. The minimum Gasteiger partial charge on any atom is -0.461 e. The molecule has 256 valence electrons. The van der Waals surface area contributed by atoms with E-state index in [0.717, 1.165) is 59.4 Å². The topological polar surface area (TPSA) is 218 Å². The van der Waals surface area contributed by atoms with Crippen LogP contribution in [-0.2, 0) is 18.9 Å². The Balaban J connectivity index is 1.59. The van der Waals surface area contributed by atoms with E-state index in [4.69, 9.17) is 18.9 Å². The summed E-state index contributed by atoms with van der Waals surface area (Å²) in [6.45, 7) is 7.20. The number of ether oxygens (including phenoxy) is 4. The number of nitrogens with zero attached hydrogens (tertiary/aromatic N) is 10. The molecule has 48 heavy (non-hydrogen) atoms. The predicted molar refractivity (Wildman–Crippen MR) is 168 cm³/mol. The van der Waals surface area contributed by atoms with Crippen LogP contribution in [0.4, 0.5) is 0 Å². The Morgan fingerprint density at radius 3 is 1.31 bits per heavy atom. The average Bonchev–Trinajstić information content (AvgIpc) is 3.89. The Labute approximate surface area is 289 Å². The van der Waals surface area contributed by atoms with E-state index in [0.29, 0.717) is 31.3 Å². The van der Waals surface area contributed by atoms with Crippen LogP contribution in [0.15, 0.2) is 18.5 Å². The Morgan fingerprint density at radius 1 is 0.604 bits per heavy atom. The van der Waals surface area contributed by atoms with Crippen LogP contribution in [0.2, 0.25) is 0 Å². The Morgan fingerprint density at radius 2 is 0.958 bits per heavy atom. The van der Waals surface area contributed by atoms with Gasteiger partial charge in [0.15, 0.2) is 11.4 Å². The van der Waals surface area contributed by atoms with Gasteiger partial charge in [-0.1, -0.05) is 55.8 Å². The number of carbonyl (C=O) groups excluding carboxylic acids is 4. The van der Waals surface area contributed by atoms with Crippen molar-refractivity contribution in [2.75, 3.05) is 26.4 Å². The Kier molecular flexibility index (Phi) is 12.1. The molecule has 1 aliphatic carbocycles. The molecule has 0 aromatic carbocycles. The number of carbonyl (C=O) groups is 4. The first kappa shape index (κ1) is 35.3. The van der Waals surface area contributed by atoms with Crippen molar-refractivity contribution in [2.45, 2.75) is 83.9 Å². The zero-order chi connectivity index (χ0) is 34.2. The second-order valence-corrected chi connectivity index (χ2v) is 13.7. The number of rotatable bonds is 14. The van der Waals surface area contributed by atoms with Gasteiger partial charge in [-0.15, -0.1) is 20.4 Å². The fraction of sp³-hybridized carbons (Fsp3) is 0.538. The second-order valence-electron chi connectivity index (χ2n) is 9.70. The van der Waals surface area contributed by atoms with E-state index in [1.165, 1.54) is 0 Å².